The van der Waals surface area contributed by atoms with Gasteiger partial charge in [0.1, 0.15) is 5.92 Å². The summed E-state index contributed by atoms with van der Waals surface area (Å²) in [5, 5.41) is -1.32. The van der Waals surface area contributed by atoms with Crippen LogP contribution in [0.5, 0.6) is 0 Å². The Hall–Kier alpha value is -0.0000000000000000833. The minimum Gasteiger partial charge on any atom is -0.302 e. The lowest BCUT2D eigenvalue weighted by molar-refractivity contribution is -0.179. The van der Waals surface area contributed by atoms with E-state index in [1.165, 1.54) is 0 Å². The molecule has 0 N–H and O–H groups in total. The van der Waals surface area contributed by atoms with E-state index >= 15 is 0 Å². The van der Waals surface area contributed by atoms with Crippen LogP contribution in [-0.4, -0.2) is 36.0 Å². The highest BCUT2D eigenvalue weighted by molar-refractivity contribution is 6.64. The summed E-state index contributed by atoms with van der Waals surface area (Å²) in [4.78, 5) is 12.2. The molecule has 0 aromatic carbocycles. The number of nitrogens with zero attached hydrogens (tertiary/aromatic N) is 1. The summed E-state index contributed by atoms with van der Waals surface area (Å²) < 4.78 is 36.9. The summed E-state index contributed by atoms with van der Waals surface area (Å²) >= 11 is 4.92. The van der Waals surface area contributed by atoms with E-state index in [1.807, 2.05) is 0 Å². The van der Waals surface area contributed by atoms with Crippen molar-refractivity contribution in [2.75, 3.05) is 19.6 Å². The Morgan fingerprint density at radius 1 is 1.33 bits per heavy atom. The van der Waals surface area contributed by atoms with Gasteiger partial charge in [0, 0.05) is 6.54 Å². The Morgan fingerprint density at radius 2 is 1.80 bits per heavy atom. The van der Waals surface area contributed by atoms with Gasteiger partial charge in [0.05, 0.1) is 0 Å². The summed E-state index contributed by atoms with van der Waals surface area (Å²) in [6, 6.07) is 0. The first-order valence-corrected chi connectivity index (χ1v) is 4.77. The van der Waals surface area contributed by atoms with E-state index < -0.39 is 17.3 Å². The van der Waals surface area contributed by atoms with Crippen molar-refractivity contribution in [2.45, 2.75) is 19.0 Å². The molecule has 1 saturated heterocycles. The summed E-state index contributed by atoms with van der Waals surface area (Å²) in [6.07, 6.45) is -2.75. The molecule has 0 saturated carbocycles. The molecular formula is C8H12Cl2F3NO. The number of hydrogen-bond acceptors (Lipinski definition) is 2. The van der Waals surface area contributed by atoms with Crippen LogP contribution in [0, 0.1) is 5.92 Å². The minimum atomic E-state index is -4.53. The standard InChI is InChI=1S/C8H11ClF3NO.ClH/c9-7(14)6(8(10,11)12)5-13-3-1-2-4-13;/h6H,1-5H2;1H/t6-;/m1./s1. The predicted octanol–water partition coefficient (Wildman–Crippen LogP) is 2.45. The molecule has 1 aliphatic rings. The van der Waals surface area contributed by atoms with E-state index in [-0.39, 0.29) is 19.0 Å². The van der Waals surface area contributed by atoms with E-state index in [0.717, 1.165) is 12.8 Å². The fraction of sp³-hybridized carbons (Fsp3) is 0.875. The van der Waals surface area contributed by atoms with Gasteiger partial charge in [0.25, 0.3) is 0 Å². The number of alkyl halides is 3. The Morgan fingerprint density at radius 3 is 2.13 bits per heavy atom. The number of hydrogen-bond donors (Lipinski definition) is 0. The smallest absolute Gasteiger partial charge is 0.302 e. The molecule has 15 heavy (non-hydrogen) atoms. The van der Waals surface area contributed by atoms with Gasteiger partial charge in [-0.3, -0.25) is 4.79 Å². The molecule has 1 heterocycles. The third-order valence-corrected chi connectivity index (χ3v) is 2.57. The Kier molecular flexibility index (Phi) is 5.92. The summed E-state index contributed by atoms with van der Waals surface area (Å²) in [6.45, 7) is 0.944. The van der Waals surface area contributed by atoms with Crippen molar-refractivity contribution >= 4 is 29.3 Å². The van der Waals surface area contributed by atoms with Gasteiger partial charge in [-0.2, -0.15) is 13.2 Å². The van der Waals surface area contributed by atoms with Gasteiger partial charge in [-0.25, -0.2) is 0 Å². The summed E-state index contributed by atoms with van der Waals surface area (Å²) in [5.41, 5.74) is 0. The van der Waals surface area contributed by atoms with Crippen LogP contribution in [0.1, 0.15) is 12.8 Å². The molecule has 0 aliphatic carbocycles. The van der Waals surface area contributed by atoms with Crippen LogP contribution >= 0.6 is 24.0 Å². The van der Waals surface area contributed by atoms with Crippen LogP contribution in [0.25, 0.3) is 0 Å². The summed E-state index contributed by atoms with van der Waals surface area (Å²) in [7, 11) is 0. The lowest BCUT2D eigenvalue weighted by atomic mass is 10.1. The van der Waals surface area contributed by atoms with Crippen molar-refractivity contribution in [3.05, 3.63) is 0 Å². The first kappa shape index (κ1) is 15.0. The quantitative estimate of drug-likeness (QED) is 0.731. The molecular weight excluding hydrogens is 254 g/mol. The Labute approximate surface area is 97.2 Å². The molecule has 0 radical (unpaired) electrons. The van der Waals surface area contributed by atoms with Crippen LogP contribution in [0.2, 0.25) is 0 Å². The molecule has 1 rings (SSSR count). The number of halogens is 5. The van der Waals surface area contributed by atoms with Crippen molar-refractivity contribution in [1.82, 2.24) is 4.90 Å². The molecule has 1 atom stereocenters. The van der Waals surface area contributed by atoms with Crippen LogP contribution in [0.3, 0.4) is 0 Å². The van der Waals surface area contributed by atoms with Gasteiger partial charge < -0.3 is 4.90 Å². The third kappa shape index (κ3) is 4.57. The zero-order chi connectivity index (χ0) is 10.8. The molecule has 0 amide bonds. The maximum Gasteiger partial charge on any atom is 0.401 e. The van der Waals surface area contributed by atoms with Gasteiger partial charge in [0.15, 0.2) is 0 Å². The van der Waals surface area contributed by atoms with Crippen molar-refractivity contribution < 1.29 is 18.0 Å². The molecule has 7 heteroatoms. The maximum atomic E-state index is 12.3. The first-order chi connectivity index (χ1) is 6.41. The van der Waals surface area contributed by atoms with Crippen LogP contribution in [-0.2, 0) is 4.79 Å². The normalized spacial score (nSPS) is 19.7. The average molecular weight is 266 g/mol. The second-order valence-corrected chi connectivity index (χ2v) is 3.78. The zero-order valence-electron chi connectivity index (χ0n) is 7.89. The van der Waals surface area contributed by atoms with E-state index in [1.54, 1.807) is 4.90 Å². The van der Waals surface area contributed by atoms with Crippen molar-refractivity contribution in [3.63, 3.8) is 0 Å². The number of carbonyl (C=O) groups is 1. The highest BCUT2D eigenvalue weighted by atomic mass is 35.5. The topological polar surface area (TPSA) is 20.3 Å². The van der Waals surface area contributed by atoms with Crippen LogP contribution in [0.4, 0.5) is 13.2 Å². The van der Waals surface area contributed by atoms with Gasteiger partial charge in [-0.1, -0.05) is 0 Å². The molecule has 1 fully saturated rings. The van der Waals surface area contributed by atoms with Gasteiger partial charge in [-0.05, 0) is 37.5 Å². The fourth-order valence-corrected chi connectivity index (χ4v) is 1.72. The monoisotopic (exact) mass is 265 g/mol. The van der Waals surface area contributed by atoms with Crippen molar-refractivity contribution in [1.29, 1.82) is 0 Å². The van der Waals surface area contributed by atoms with Crippen molar-refractivity contribution in [2.24, 2.45) is 5.92 Å². The Bertz CT molecular complexity index is 216. The van der Waals surface area contributed by atoms with Crippen LogP contribution < -0.4 is 0 Å². The van der Waals surface area contributed by atoms with Crippen molar-refractivity contribution in [3.8, 4) is 0 Å². The molecule has 0 spiro atoms. The predicted molar refractivity (Wildman–Crippen MR) is 53.3 cm³/mol. The van der Waals surface area contributed by atoms with E-state index in [4.69, 9.17) is 11.6 Å². The highest BCUT2D eigenvalue weighted by Gasteiger charge is 2.45. The van der Waals surface area contributed by atoms with Gasteiger partial charge in [0.2, 0.25) is 5.24 Å². The molecule has 0 aromatic heterocycles. The number of likely N-dealkylation sites (tertiary alicyclic amines) is 1. The SMILES string of the molecule is Cl.O=C(Cl)[C@@H](CN1CCCC1)C(F)(F)F. The molecule has 0 aromatic rings. The molecule has 90 valence electrons. The van der Waals surface area contributed by atoms with Gasteiger partial charge >= 0.3 is 6.18 Å². The lowest BCUT2D eigenvalue weighted by Gasteiger charge is -2.22. The third-order valence-electron chi connectivity index (χ3n) is 2.31. The average Bonchev–Trinajstić information content (AvgIpc) is 2.48. The number of rotatable bonds is 3. The zero-order valence-corrected chi connectivity index (χ0v) is 9.46. The molecule has 2 nitrogen and oxygen atoms in total. The second kappa shape index (κ2) is 5.92. The molecule has 0 bridgehead atoms. The molecule has 0 unspecified atom stereocenters. The number of carbonyl (C=O) groups excluding carboxylic acids is 1. The largest absolute Gasteiger partial charge is 0.401 e. The highest BCUT2D eigenvalue weighted by Crippen LogP contribution is 2.29. The Balaban J connectivity index is 0.00000196. The maximum absolute atomic E-state index is 12.3. The van der Waals surface area contributed by atoms with E-state index in [9.17, 15) is 18.0 Å². The minimum absolute atomic E-state index is 0. The lowest BCUT2D eigenvalue weighted by Crippen LogP contribution is -2.38. The fourth-order valence-electron chi connectivity index (χ4n) is 1.53. The van der Waals surface area contributed by atoms with E-state index in [2.05, 4.69) is 0 Å². The van der Waals surface area contributed by atoms with Crippen LogP contribution in [0.15, 0.2) is 0 Å². The molecule has 1 aliphatic heterocycles. The first-order valence-electron chi connectivity index (χ1n) is 4.39. The van der Waals surface area contributed by atoms with E-state index in [0.29, 0.717) is 13.1 Å². The van der Waals surface area contributed by atoms with Gasteiger partial charge in [-0.15, -0.1) is 12.4 Å². The summed E-state index contributed by atoms with van der Waals surface area (Å²) in [5.74, 6) is -2.04. The second-order valence-electron chi connectivity index (χ2n) is 3.41.